The van der Waals surface area contributed by atoms with Crippen LogP contribution in [0.5, 0.6) is 0 Å². The van der Waals surface area contributed by atoms with E-state index in [9.17, 15) is 18.0 Å². The maximum Gasteiger partial charge on any atom is 0.416 e. The Morgan fingerprint density at radius 2 is 1.79 bits per heavy atom. The van der Waals surface area contributed by atoms with Gasteiger partial charge in [0.1, 0.15) is 0 Å². The van der Waals surface area contributed by atoms with E-state index in [-0.39, 0.29) is 11.8 Å². The van der Waals surface area contributed by atoms with Crippen molar-refractivity contribution in [2.75, 3.05) is 18.4 Å². The quantitative estimate of drug-likeness (QED) is 0.809. The molecule has 0 unspecified atom stereocenters. The van der Waals surface area contributed by atoms with Crippen molar-refractivity contribution in [3.8, 4) is 0 Å². The highest BCUT2D eigenvalue weighted by Gasteiger charge is 2.30. The monoisotopic (exact) mass is 272 g/mol. The normalized spacial score (nSPS) is 15.1. The Morgan fingerprint density at radius 1 is 1.16 bits per heavy atom. The first-order valence-electron chi connectivity index (χ1n) is 6.15. The number of halogens is 3. The van der Waals surface area contributed by atoms with Crippen LogP contribution >= 0.6 is 0 Å². The average molecular weight is 272 g/mol. The van der Waals surface area contributed by atoms with Crippen LogP contribution in [-0.2, 0) is 11.0 Å². The fourth-order valence-corrected chi connectivity index (χ4v) is 1.66. The van der Waals surface area contributed by atoms with E-state index < -0.39 is 11.7 Å². The molecule has 0 aliphatic heterocycles. The molecule has 104 valence electrons. The highest BCUT2D eigenvalue weighted by molar-refractivity contribution is 5.80. The molecule has 0 atom stereocenters. The molecule has 2 N–H and O–H groups in total. The summed E-state index contributed by atoms with van der Waals surface area (Å²) in [6, 6.07) is 4.83. The molecule has 1 aliphatic rings. The van der Waals surface area contributed by atoms with Crippen molar-refractivity contribution in [2.45, 2.75) is 19.0 Å². The lowest BCUT2D eigenvalue weighted by Crippen LogP contribution is -2.29. The van der Waals surface area contributed by atoms with Crippen LogP contribution in [0.25, 0.3) is 0 Å². The molecule has 0 aromatic heterocycles. The van der Waals surface area contributed by atoms with Crippen molar-refractivity contribution in [3.63, 3.8) is 0 Å². The molecule has 6 heteroatoms. The lowest BCUT2D eigenvalue weighted by atomic mass is 10.2. The smallest absolute Gasteiger partial charge is 0.383 e. The van der Waals surface area contributed by atoms with Gasteiger partial charge < -0.3 is 10.6 Å². The standard InChI is InChI=1S/C13H15F3N2O/c14-13(15,16)10-3-5-11(6-4-10)17-7-8-18-12(19)9-1-2-9/h3-6,9,17H,1-2,7-8H2,(H,18,19). The Kier molecular flexibility index (Phi) is 3.97. The van der Waals surface area contributed by atoms with Gasteiger partial charge in [-0.05, 0) is 37.1 Å². The Hall–Kier alpha value is -1.72. The zero-order valence-corrected chi connectivity index (χ0v) is 10.3. The highest BCUT2D eigenvalue weighted by atomic mass is 19.4. The second-order valence-electron chi connectivity index (χ2n) is 4.57. The van der Waals surface area contributed by atoms with E-state index in [1.165, 1.54) is 12.1 Å². The number of anilines is 1. The zero-order valence-electron chi connectivity index (χ0n) is 10.3. The van der Waals surface area contributed by atoms with Crippen molar-refractivity contribution in [1.29, 1.82) is 0 Å². The summed E-state index contributed by atoms with van der Waals surface area (Å²) in [5, 5.41) is 5.72. The molecule has 2 rings (SSSR count). The van der Waals surface area contributed by atoms with Gasteiger partial charge in [-0.3, -0.25) is 4.79 Å². The third-order valence-corrected chi connectivity index (χ3v) is 2.91. The van der Waals surface area contributed by atoms with Crippen LogP contribution in [0.15, 0.2) is 24.3 Å². The molecule has 1 saturated carbocycles. The molecular formula is C13H15F3N2O. The fraction of sp³-hybridized carbons (Fsp3) is 0.462. The summed E-state index contributed by atoms with van der Waals surface area (Å²) < 4.78 is 37.0. The summed E-state index contributed by atoms with van der Waals surface area (Å²) in [6.45, 7) is 0.959. The average Bonchev–Trinajstić information content (AvgIpc) is 3.18. The molecular weight excluding hydrogens is 257 g/mol. The highest BCUT2D eigenvalue weighted by Crippen LogP contribution is 2.30. The first-order chi connectivity index (χ1) is 8.97. The number of alkyl halides is 3. The summed E-state index contributed by atoms with van der Waals surface area (Å²) in [6.07, 6.45) is -2.40. The predicted octanol–water partition coefficient (Wildman–Crippen LogP) is 2.64. The van der Waals surface area contributed by atoms with E-state index in [1.54, 1.807) is 0 Å². The first kappa shape index (κ1) is 13.7. The Balaban J connectivity index is 1.72. The SMILES string of the molecule is O=C(NCCNc1ccc(C(F)(F)F)cc1)C1CC1. The molecule has 19 heavy (non-hydrogen) atoms. The van der Waals surface area contributed by atoms with Crippen LogP contribution in [-0.4, -0.2) is 19.0 Å². The van der Waals surface area contributed by atoms with E-state index in [4.69, 9.17) is 0 Å². The van der Waals surface area contributed by atoms with Crippen LogP contribution < -0.4 is 10.6 Å². The van der Waals surface area contributed by atoms with Gasteiger partial charge in [-0.2, -0.15) is 13.2 Å². The number of amides is 1. The summed E-state index contributed by atoms with van der Waals surface area (Å²) in [5.41, 5.74) is -0.0613. The van der Waals surface area contributed by atoms with Gasteiger partial charge in [0, 0.05) is 24.7 Å². The third kappa shape index (κ3) is 4.15. The Labute approximate surface area is 109 Å². The van der Waals surface area contributed by atoms with Crippen molar-refractivity contribution in [3.05, 3.63) is 29.8 Å². The number of hydrogen-bond acceptors (Lipinski definition) is 2. The van der Waals surface area contributed by atoms with Crippen molar-refractivity contribution in [2.24, 2.45) is 5.92 Å². The largest absolute Gasteiger partial charge is 0.416 e. The predicted molar refractivity (Wildman–Crippen MR) is 65.7 cm³/mol. The number of benzene rings is 1. The Bertz CT molecular complexity index is 438. The fourth-order valence-electron chi connectivity index (χ4n) is 1.66. The van der Waals surface area contributed by atoms with Gasteiger partial charge >= 0.3 is 6.18 Å². The van der Waals surface area contributed by atoms with Crippen LogP contribution in [0.2, 0.25) is 0 Å². The molecule has 1 fully saturated rings. The molecule has 0 bridgehead atoms. The summed E-state index contributed by atoms with van der Waals surface area (Å²) in [7, 11) is 0. The van der Waals surface area contributed by atoms with Crippen molar-refractivity contribution >= 4 is 11.6 Å². The van der Waals surface area contributed by atoms with E-state index in [1.807, 2.05) is 0 Å². The number of carbonyl (C=O) groups excluding carboxylic acids is 1. The minimum absolute atomic E-state index is 0.0641. The van der Waals surface area contributed by atoms with Gasteiger partial charge in [0.25, 0.3) is 0 Å². The molecule has 1 amide bonds. The summed E-state index contributed by atoms with van der Waals surface area (Å²) >= 11 is 0. The maximum atomic E-state index is 12.3. The zero-order chi connectivity index (χ0) is 13.9. The summed E-state index contributed by atoms with van der Waals surface area (Å²) in [4.78, 5) is 11.3. The van der Waals surface area contributed by atoms with Crippen LogP contribution in [0.3, 0.4) is 0 Å². The number of carbonyl (C=O) groups is 1. The topological polar surface area (TPSA) is 41.1 Å². The van der Waals surface area contributed by atoms with Crippen LogP contribution in [0.4, 0.5) is 18.9 Å². The number of hydrogen-bond donors (Lipinski definition) is 2. The van der Waals surface area contributed by atoms with Gasteiger partial charge in [0.15, 0.2) is 0 Å². The van der Waals surface area contributed by atoms with Crippen LogP contribution in [0, 0.1) is 5.92 Å². The van der Waals surface area contributed by atoms with E-state index in [0.29, 0.717) is 18.8 Å². The number of nitrogens with one attached hydrogen (secondary N) is 2. The molecule has 1 aliphatic carbocycles. The molecule has 0 spiro atoms. The first-order valence-corrected chi connectivity index (χ1v) is 6.15. The third-order valence-electron chi connectivity index (χ3n) is 2.91. The molecule has 3 nitrogen and oxygen atoms in total. The van der Waals surface area contributed by atoms with Crippen molar-refractivity contribution < 1.29 is 18.0 Å². The van der Waals surface area contributed by atoms with Crippen LogP contribution in [0.1, 0.15) is 18.4 Å². The lowest BCUT2D eigenvalue weighted by molar-refractivity contribution is -0.137. The second kappa shape index (κ2) is 5.50. The van der Waals surface area contributed by atoms with Gasteiger partial charge in [-0.15, -0.1) is 0 Å². The molecule has 0 saturated heterocycles. The molecule has 0 heterocycles. The van der Waals surface area contributed by atoms with E-state index in [0.717, 1.165) is 25.0 Å². The van der Waals surface area contributed by atoms with Gasteiger partial charge in [0.05, 0.1) is 5.56 Å². The molecule has 1 aromatic carbocycles. The number of rotatable bonds is 5. The van der Waals surface area contributed by atoms with E-state index >= 15 is 0 Å². The second-order valence-corrected chi connectivity index (χ2v) is 4.57. The van der Waals surface area contributed by atoms with Gasteiger partial charge in [-0.25, -0.2) is 0 Å². The van der Waals surface area contributed by atoms with Gasteiger partial charge in [0.2, 0.25) is 5.91 Å². The maximum absolute atomic E-state index is 12.3. The molecule has 0 radical (unpaired) electrons. The molecule has 1 aromatic rings. The minimum atomic E-state index is -4.31. The van der Waals surface area contributed by atoms with E-state index in [2.05, 4.69) is 10.6 Å². The Morgan fingerprint density at radius 3 is 2.32 bits per heavy atom. The lowest BCUT2D eigenvalue weighted by Gasteiger charge is -2.10. The van der Waals surface area contributed by atoms with Gasteiger partial charge in [-0.1, -0.05) is 0 Å². The minimum Gasteiger partial charge on any atom is -0.383 e. The summed E-state index contributed by atoms with van der Waals surface area (Å²) in [5.74, 6) is 0.236. The van der Waals surface area contributed by atoms with Crippen molar-refractivity contribution in [1.82, 2.24) is 5.32 Å².